The predicted molar refractivity (Wildman–Crippen MR) is 76.8 cm³/mol. The summed E-state index contributed by atoms with van der Waals surface area (Å²) in [6.07, 6.45) is 3.97. The smallest absolute Gasteiger partial charge is 0.265 e. The van der Waals surface area contributed by atoms with Gasteiger partial charge in [0.05, 0.1) is 38.0 Å². The van der Waals surface area contributed by atoms with Crippen molar-refractivity contribution in [2.45, 2.75) is 4.90 Å². The highest BCUT2D eigenvalue weighted by Gasteiger charge is 2.22. The minimum atomic E-state index is -3.89. The SMILES string of the molecule is COc1cc(OC)c(S(=O)(=O)Nc2cncnc2)cc1N. The fraction of sp³-hybridized carbons (Fsp3) is 0.167. The van der Waals surface area contributed by atoms with Crippen LogP contribution in [-0.4, -0.2) is 32.6 Å². The standard InChI is InChI=1S/C12H14N4O4S/c1-19-10-4-11(20-2)12(3-9(10)13)21(17,18)16-8-5-14-7-15-6-8/h3-7,16H,13H2,1-2H3. The number of sulfonamides is 1. The number of benzene rings is 1. The van der Waals surface area contributed by atoms with Crippen LogP contribution < -0.4 is 19.9 Å². The first-order valence-corrected chi connectivity index (χ1v) is 7.25. The molecule has 0 fully saturated rings. The molecule has 0 atom stereocenters. The van der Waals surface area contributed by atoms with Crippen molar-refractivity contribution >= 4 is 21.4 Å². The van der Waals surface area contributed by atoms with E-state index in [4.69, 9.17) is 15.2 Å². The van der Waals surface area contributed by atoms with Crippen LogP contribution in [0.5, 0.6) is 11.5 Å². The molecule has 0 aliphatic heterocycles. The zero-order valence-corrected chi connectivity index (χ0v) is 12.2. The predicted octanol–water partition coefficient (Wildman–Crippen LogP) is 0.877. The number of nitrogen functional groups attached to an aromatic ring is 1. The van der Waals surface area contributed by atoms with Crippen LogP contribution >= 0.6 is 0 Å². The maximum absolute atomic E-state index is 12.4. The van der Waals surface area contributed by atoms with E-state index in [9.17, 15) is 8.42 Å². The second kappa shape index (κ2) is 5.83. The van der Waals surface area contributed by atoms with Crippen LogP contribution in [0.25, 0.3) is 0 Å². The number of nitrogens with two attached hydrogens (primary N) is 1. The zero-order valence-electron chi connectivity index (χ0n) is 11.4. The van der Waals surface area contributed by atoms with Crippen molar-refractivity contribution in [2.24, 2.45) is 0 Å². The maximum atomic E-state index is 12.4. The third-order valence-corrected chi connectivity index (χ3v) is 4.02. The lowest BCUT2D eigenvalue weighted by molar-refractivity contribution is 0.387. The van der Waals surface area contributed by atoms with Gasteiger partial charge in [-0.15, -0.1) is 0 Å². The minimum absolute atomic E-state index is 0.104. The fourth-order valence-electron chi connectivity index (χ4n) is 1.67. The molecule has 112 valence electrons. The average Bonchev–Trinajstić information content (AvgIpc) is 2.47. The number of ether oxygens (including phenoxy) is 2. The Morgan fingerprint density at radius 2 is 1.71 bits per heavy atom. The third-order valence-electron chi connectivity index (χ3n) is 2.62. The van der Waals surface area contributed by atoms with Crippen molar-refractivity contribution in [3.63, 3.8) is 0 Å². The van der Waals surface area contributed by atoms with Crippen molar-refractivity contribution in [3.8, 4) is 11.5 Å². The molecular weight excluding hydrogens is 296 g/mol. The molecule has 1 aromatic carbocycles. The summed E-state index contributed by atoms with van der Waals surface area (Å²) in [6.45, 7) is 0. The van der Waals surface area contributed by atoms with E-state index in [-0.39, 0.29) is 22.0 Å². The molecule has 0 spiro atoms. The molecule has 21 heavy (non-hydrogen) atoms. The summed E-state index contributed by atoms with van der Waals surface area (Å²) in [6, 6.07) is 2.68. The number of hydrogen-bond acceptors (Lipinski definition) is 7. The highest BCUT2D eigenvalue weighted by atomic mass is 32.2. The Balaban J connectivity index is 2.47. The molecule has 0 aliphatic carbocycles. The van der Waals surface area contributed by atoms with E-state index in [1.165, 1.54) is 45.1 Å². The largest absolute Gasteiger partial charge is 0.495 e. The number of nitrogens with one attached hydrogen (secondary N) is 1. The zero-order chi connectivity index (χ0) is 15.5. The second-order valence-corrected chi connectivity index (χ2v) is 5.63. The summed E-state index contributed by atoms with van der Waals surface area (Å²) < 4.78 is 37.2. The Morgan fingerprint density at radius 1 is 1.10 bits per heavy atom. The van der Waals surface area contributed by atoms with E-state index in [2.05, 4.69) is 14.7 Å². The van der Waals surface area contributed by atoms with Crippen LogP contribution in [0.2, 0.25) is 0 Å². The normalized spacial score (nSPS) is 11.0. The molecule has 0 saturated carbocycles. The van der Waals surface area contributed by atoms with Gasteiger partial charge in [0.15, 0.2) is 0 Å². The molecule has 2 rings (SSSR count). The summed E-state index contributed by atoms with van der Waals surface area (Å²) in [5.41, 5.74) is 6.16. The summed E-state index contributed by atoms with van der Waals surface area (Å²) in [4.78, 5) is 7.37. The Bertz CT molecular complexity index is 734. The van der Waals surface area contributed by atoms with Crippen LogP contribution in [0, 0.1) is 0 Å². The Hall–Kier alpha value is -2.55. The van der Waals surface area contributed by atoms with Crippen LogP contribution in [0.1, 0.15) is 0 Å². The van der Waals surface area contributed by atoms with Crippen LogP contribution in [0.3, 0.4) is 0 Å². The first-order valence-electron chi connectivity index (χ1n) is 5.77. The molecule has 2 aromatic rings. The summed E-state index contributed by atoms with van der Waals surface area (Å²) in [5.74, 6) is 0.444. The molecule has 0 bridgehead atoms. The van der Waals surface area contributed by atoms with E-state index >= 15 is 0 Å². The minimum Gasteiger partial charge on any atom is -0.495 e. The van der Waals surface area contributed by atoms with Crippen molar-refractivity contribution in [1.29, 1.82) is 0 Å². The number of aromatic nitrogens is 2. The van der Waals surface area contributed by atoms with Crippen LogP contribution in [0.15, 0.2) is 35.7 Å². The summed E-state index contributed by atoms with van der Waals surface area (Å²) >= 11 is 0. The lowest BCUT2D eigenvalue weighted by Crippen LogP contribution is -2.15. The molecule has 0 radical (unpaired) electrons. The van der Waals surface area contributed by atoms with Gasteiger partial charge in [-0.2, -0.15) is 0 Å². The van der Waals surface area contributed by atoms with Gasteiger partial charge < -0.3 is 15.2 Å². The lowest BCUT2D eigenvalue weighted by atomic mass is 10.3. The van der Waals surface area contributed by atoms with Crippen molar-refractivity contribution in [2.75, 3.05) is 24.7 Å². The molecular formula is C12H14N4O4S. The van der Waals surface area contributed by atoms with Gasteiger partial charge in [0.1, 0.15) is 22.7 Å². The van der Waals surface area contributed by atoms with Gasteiger partial charge in [-0.05, 0) is 6.07 Å². The van der Waals surface area contributed by atoms with Gasteiger partial charge in [-0.3, -0.25) is 4.72 Å². The van der Waals surface area contributed by atoms with E-state index in [0.717, 1.165) is 0 Å². The topological polar surface area (TPSA) is 116 Å². The fourth-order valence-corrected chi connectivity index (χ4v) is 2.88. The molecule has 0 aliphatic rings. The quantitative estimate of drug-likeness (QED) is 0.787. The first kappa shape index (κ1) is 14.9. The van der Waals surface area contributed by atoms with E-state index in [1.54, 1.807) is 0 Å². The van der Waals surface area contributed by atoms with E-state index in [1.807, 2.05) is 0 Å². The Labute approximate surface area is 122 Å². The Kier molecular flexibility index (Phi) is 4.13. The van der Waals surface area contributed by atoms with Gasteiger partial charge in [0, 0.05) is 6.07 Å². The summed E-state index contributed by atoms with van der Waals surface area (Å²) in [7, 11) is -1.11. The molecule has 0 amide bonds. The highest BCUT2D eigenvalue weighted by molar-refractivity contribution is 7.92. The molecule has 0 unspecified atom stereocenters. The highest BCUT2D eigenvalue weighted by Crippen LogP contribution is 2.34. The molecule has 9 heteroatoms. The number of nitrogens with zero attached hydrogens (tertiary/aromatic N) is 2. The third kappa shape index (κ3) is 3.14. The van der Waals surface area contributed by atoms with Gasteiger partial charge in [-0.25, -0.2) is 18.4 Å². The molecule has 0 saturated heterocycles. The van der Waals surface area contributed by atoms with Crippen molar-refractivity contribution in [3.05, 3.63) is 30.9 Å². The van der Waals surface area contributed by atoms with Gasteiger partial charge in [0.25, 0.3) is 10.0 Å². The number of anilines is 2. The van der Waals surface area contributed by atoms with Gasteiger partial charge >= 0.3 is 0 Å². The van der Waals surface area contributed by atoms with E-state index in [0.29, 0.717) is 5.75 Å². The average molecular weight is 310 g/mol. The molecule has 8 nitrogen and oxygen atoms in total. The number of hydrogen-bond donors (Lipinski definition) is 2. The molecule has 3 N–H and O–H groups in total. The number of methoxy groups -OCH3 is 2. The van der Waals surface area contributed by atoms with Crippen LogP contribution in [0.4, 0.5) is 11.4 Å². The van der Waals surface area contributed by atoms with E-state index < -0.39 is 10.0 Å². The van der Waals surface area contributed by atoms with Crippen LogP contribution in [-0.2, 0) is 10.0 Å². The lowest BCUT2D eigenvalue weighted by Gasteiger charge is -2.14. The Morgan fingerprint density at radius 3 is 2.29 bits per heavy atom. The van der Waals surface area contributed by atoms with Gasteiger partial charge in [0.2, 0.25) is 0 Å². The first-order chi connectivity index (χ1) is 9.97. The van der Waals surface area contributed by atoms with Gasteiger partial charge in [-0.1, -0.05) is 0 Å². The maximum Gasteiger partial charge on any atom is 0.265 e. The molecule has 1 aromatic heterocycles. The second-order valence-electron chi connectivity index (χ2n) is 3.98. The molecule has 1 heterocycles. The van der Waals surface area contributed by atoms with Crippen molar-refractivity contribution < 1.29 is 17.9 Å². The summed E-state index contributed by atoms with van der Waals surface area (Å²) in [5, 5.41) is 0. The monoisotopic (exact) mass is 310 g/mol. The number of rotatable bonds is 5. The van der Waals surface area contributed by atoms with Crippen molar-refractivity contribution in [1.82, 2.24) is 9.97 Å².